The smallest absolute Gasteiger partial charge is 0.255 e. The average molecular weight is 415 g/mol. The largest absolute Gasteiger partial charge is 0.373 e. The number of ether oxygens (including phenoxy) is 1. The molecule has 1 aliphatic rings. The molecule has 140 valence electrons. The predicted octanol–water partition coefficient (Wildman–Crippen LogP) is 3.45. The molecule has 2 unspecified atom stereocenters. The van der Waals surface area contributed by atoms with E-state index in [-0.39, 0.29) is 46.7 Å². The minimum absolute atomic E-state index is 0.0709. The number of thiophene rings is 1. The van der Waals surface area contributed by atoms with Crippen molar-refractivity contribution in [2.75, 3.05) is 18.4 Å². The van der Waals surface area contributed by atoms with Gasteiger partial charge < -0.3 is 10.1 Å². The van der Waals surface area contributed by atoms with Gasteiger partial charge in [0.15, 0.2) is 0 Å². The first-order chi connectivity index (χ1) is 12.3. The normalized spacial score (nSPS) is 21.5. The lowest BCUT2D eigenvalue weighted by atomic mass is 10.2. The molecule has 26 heavy (non-hydrogen) atoms. The van der Waals surface area contributed by atoms with Gasteiger partial charge in [-0.05, 0) is 43.5 Å². The molecule has 2 aromatic rings. The minimum atomic E-state index is -3.83. The Labute approximate surface area is 161 Å². The number of morpholine rings is 1. The van der Waals surface area contributed by atoms with Crippen LogP contribution in [-0.2, 0) is 14.8 Å². The topological polar surface area (TPSA) is 75.7 Å². The zero-order valence-electron chi connectivity index (χ0n) is 14.3. The Bertz CT molecular complexity index is 889. The van der Waals surface area contributed by atoms with Crippen LogP contribution in [0.5, 0.6) is 0 Å². The van der Waals surface area contributed by atoms with E-state index >= 15 is 0 Å². The summed E-state index contributed by atoms with van der Waals surface area (Å²) in [6.45, 7) is 4.14. The number of halogens is 1. The van der Waals surface area contributed by atoms with E-state index in [0.717, 1.165) is 0 Å². The summed E-state index contributed by atoms with van der Waals surface area (Å²) >= 11 is 7.61. The van der Waals surface area contributed by atoms with Gasteiger partial charge in [-0.15, -0.1) is 0 Å². The summed E-state index contributed by atoms with van der Waals surface area (Å²) in [4.78, 5) is 12.3. The number of anilines is 1. The van der Waals surface area contributed by atoms with Gasteiger partial charge in [-0.3, -0.25) is 4.79 Å². The number of rotatable bonds is 4. The Kier molecular flexibility index (Phi) is 5.69. The molecule has 3 rings (SSSR count). The van der Waals surface area contributed by atoms with E-state index in [1.165, 1.54) is 33.8 Å². The lowest BCUT2D eigenvalue weighted by Gasteiger charge is -2.34. The van der Waals surface area contributed by atoms with Gasteiger partial charge in [0, 0.05) is 24.0 Å². The molecule has 0 aliphatic carbocycles. The molecule has 0 saturated carbocycles. The quantitative estimate of drug-likeness (QED) is 0.831. The number of benzene rings is 1. The first-order valence-corrected chi connectivity index (χ1v) is 10.8. The lowest BCUT2D eigenvalue weighted by Crippen LogP contribution is -2.48. The molecule has 1 aliphatic heterocycles. The Hall–Kier alpha value is -1.45. The van der Waals surface area contributed by atoms with Crippen LogP contribution >= 0.6 is 22.9 Å². The van der Waals surface area contributed by atoms with E-state index in [4.69, 9.17) is 16.3 Å². The Morgan fingerprint density at radius 1 is 1.27 bits per heavy atom. The summed E-state index contributed by atoms with van der Waals surface area (Å²) < 4.78 is 33.0. The number of hydrogen-bond donors (Lipinski definition) is 1. The first-order valence-electron chi connectivity index (χ1n) is 8.06. The lowest BCUT2D eigenvalue weighted by molar-refractivity contribution is -0.0440. The maximum Gasteiger partial charge on any atom is 0.255 e. The van der Waals surface area contributed by atoms with Gasteiger partial charge >= 0.3 is 0 Å². The number of nitrogens with zero attached hydrogens (tertiary/aromatic N) is 1. The van der Waals surface area contributed by atoms with Gasteiger partial charge in [-0.1, -0.05) is 11.6 Å². The van der Waals surface area contributed by atoms with Gasteiger partial charge in [0.25, 0.3) is 5.91 Å². The van der Waals surface area contributed by atoms with Crippen molar-refractivity contribution < 1.29 is 17.9 Å². The number of amides is 1. The molecule has 1 N–H and O–H groups in total. The number of hydrogen-bond acceptors (Lipinski definition) is 5. The second kappa shape index (κ2) is 7.66. The van der Waals surface area contributed by atoms with Gasteiger partial charge in [0.05, 0.1) is 22.9 Å². The highest BCUT2D eigenvalue weighted by molar-refractivity contribution is 7.89. The molecule has 2 atom stereocenters. The zero-order valence-corrected chi connectivity index (χ0v) is 16.7. The zero-order chi connectivity index (χ0) is 18.9. The molecule has 0 radical (unpaired) electrons. The third kappa shape index (κ3) is 4.10. The van der Waals surface area contributed by atoms with Gasteiger partial charge in [0.2, 0.25) is 10.0 Å². The molecule has 1 amide bonds. The maximum absolute atomic E-state index is 13.0. The Balaban J connectivity index is 1.90. The summed E-state index contributed by atoms with van der Waals surface area (Å²) in [6, 6.07) is 6.04. The Morgan fingerprint density at radius 2 is 1.96 bits per heavy atom. The maximum atomic E-state index is 13.0. The second-order valence-electron chi connectivity index (χ2n) is 6.19. The van der Waals surface area contributed by atoms with Crippen LogP contribution in [0.25, 0.3) is 0 Å². The van der Waals surface area contributed by atoms with Gasteiger partial charge in [-0.2, -0.15) is 15.6 Å². The molecule has 0 spiro atoms. The number of carbonyl (C=O) groups excluding carboxylic acids is 1. The predicted molar refractivity (Wildman–Crippen MR) is 102 cm³/mol. The fourth-order valence-electron chi connectivity index (χ4n) is 2.85. The molecule has 1 aromatic heterocycles. The SMILES string of the molecule is CC1CN(S(=O)(=O)c2cc(C(=O)Nc3ccsc3)ccc2Cl)CC(C)O1. The van der Waals surface area contributed by atoms with Gasteiger partial charge in [0.1, 0.15) is 4.90 Å². The van der Waals surface area contributed by atoms with E-state index in [1.54, 1.807) is 11.4 Å². The molecule has 1 fully saturated rings. The molecule has 1 saturated heterocycles. The molecule has 1 aromatic carbocycles. The van der Waals surface area contributed by atoms with E-state index in [2.05, 4.69) is 5.32 Å². The first kappa shape index (κ1) is 19.3. The molecular formula is C17H19ClN2O4S2. The standard InChI is InChI=1S/C17H19ClN2O4S2/c1-11-8-20(9-12(2)24-11)26(22,23)16-7-13(3-4-15(16)18)17(21)19-14-5-6-25-10-14/h3-7,10-12H,8-9H2,1-2H3,(H,19,21). The van der Waals surface area contributed by atoms with Crippen LogP contribution in [0, 0.1) is 0 Å². The monoisotopic (exact) mass is 414 g/mol. The summed E-state index contributed by atoms with van der Waals surface area (Å²) in [7, 11) is -3.83. The van der Waals surface area contributed by atoms with Gasteiger partial charge in [-0.25, -0.2) is 8.42 Å². The van der Waals surface area contributed by atoms with Crippen LogP contribution in [0.4, 0.5) is 5.69 Å². The van der Waals surface area contributed by atoms with E-state index in [9.17, 15) is 13.2 Å². The van der Waals surface area contributed by atoms with Crippen LogP contribution in [0.15, 0.2) is 39.9 Å². The van der Waals surface area contributed by atoms with Crippen molar-refractivity contribution in [3.63, 3.8) is 0 Å². The third-order valence-corrected chi connectivity index (χ3v) is 6.97. The average Bonchev–Trinajstić information content (AvgIpc) is 3.07. The van der Waals surface area contributed by atoms with E-state index in [0.29, 0.717) is 5.69 Å². The minimum Gasteiger partial charge on any atom is -0.373 e. The molecule has 0 bridgehead atoms. The summed E-state index contributed by atoms with van der Waals surface area (Å²) in [6.07, 6.45) is -0.422. The van der Waals surface area contributed by atoms with E-state index in [1.807, 2.05) is 19.2 Å². The van der Waals surface area contributed by atoms with Crippen LogP contribution < -0.4 is 5.32 Å². The number of sulfonamides is 1. The fraction of sp³-hybridized carbons (Fsp3) is 0.353. The number of carbonyl (C=O) groups is 1. The van der Waals surface area contributed by atoms with Crippen molar-refractivity contribution in [3.8, 4) is 0 Å². The van der Waals surface area contributed by atoms with Crippen molar-refractivity contribution in [1.29, 1.82) is 0 Å². The fourth-order valence-corrected chi connectivity index (χ4v) is 5.53. The van der Waals surface area contributed by atoms with Crippen LogP contribution in [0.2, 0.25) is 5.02 Å². The number of nitrogens with one attached hydrogen (secondary N) is 1. The summed E-state index contributed by atoms with van der Waals surface area (Å²) in [5, 5.41) is 6.45. The van der Waals surface area contributed by atoms with Crippen LogP contribution in [-0.4, -0.2) is 43.9 Å². The second-order valence-corrected chi connectivity index (χ2v) is 9.28. The Morgan fingerprint density at radius 3 is 2.58 bits per heavy atom. The highest BCUT2D eigenvalue weighted by Crippen LogP contribution is 2.28. The molecule has 6 nitrogen and oxygen atoms in total. The molecule has 2 heterocycles. The molecular weight excluding hydrogens is 396 g/mol. The molecule has 9 heteroatoms. The highest BCUT2D eigenvalue weighted by atomic mass is 35.5. The van der Waals surface area contributed by atoms with Crippen molar-refractivity contribution in [1.82, 2.24) is 4.31 Å². The van der Waals surface area contributed by atoms with Crippen molar-refractivity contribution in [2.24, 2.45) is 0 Å². The van der Waals surface area contributed by atoms with E-state index < -0.39 is 10.0 Å². The highest BCUT2D eigenvalue weighted by Gasteiger charge is 2.33. The summed E-state index contributed by atoms with van der Waals surface area (Å²) in [5.74, 6) is -0.389. The van der Waals surface area contributed by atoms with Crippen LogP contribution in [0.3, 0.4) is 0 Å². The third-order valence-electron chi connectivity index (χ3n) is 3.98. The van der Waals surface area contributed by atoms with Crippen molar-refractivity contribution >= 4 is 44.6 Å². The summed E-state index contributed by atoms with van der Waals surface area (Å²) in [5.41, 5.74) is 0.892. The van der Waals surface area contributed by atoms with Crippen molar-refractivity contribution in [2.45, 2.75) is 31.0 Å². The van der Waals surface area contributed by atoms with Crippen LogP contribution in [0.1, 0.15) is 24.2 Å². The van der Waals surface area contributed by atoms with Crippen molar-refractivity contribution in [3.05, 3.63) is 45.6 Å².